The van der Waals surface area contributed by atoms with Crippen LogP contribution in [0.2, 0.25) is 0 Å². The minimum Gasteiger partial charge on any atom is -0.265 e. The Morgan fingerprint density at radius 3 is 2.75 bits per heavy atom. The molecule has 0 N–H and O–H groups in total. The van der Waals surface area contributed by atoms with Gasteiger partial charge in [-0.25, -0.2) is 4.98 Å². The summed E-state index contributed by atoms with van der Waals surface area (Å²) >= 11 is 0. The third-order valence-electron chi connectivity index (χ3n) is 2.03. The zero-order valence-corrected chi connectivity index (χ0v) is 8.72. The van der Waals surface area contributed by atoms with Crippen molar-refractivity contribution >= 4 is 12.4 Å². The average molecular weight is 206 g/mol. The van der Waals surface area contributed by atoms with Crippen molar-refractivity contribution in [2.24, 2.45) is 4.99 Å². The fourth-order valence-electron chi connectivity index (χ4n) is 1.25. The van der Waals surface area contributed by atoms with Gasteiger partial charge in [-0.15, -0.1) is 0 Å². The lowest BCUT2D eigenvalue weighted by atomic mass is 10.2. The highest BCUT2D eigenvalue weighted by Crippen LogP contribution is 2.12. The molecule has 0 bridgehead atoms. The molecule has 0 saturated carbocycles. The normalized spacial score (nSPS) is 9.00. The standard InChI is InChI=1S/C14H10N2/c1-15-14-7-4-5-12(11-14)8-9-13-6-2-3-10-16-13/h2-7,10-11H,1H2. The largest absolute Gasteiger partial charge is 0.265 e. The molecule has 0 amide bonds. The van der Waals surface area contributed by atoms with Gasteiger partial charge in [-0.1, -0.05) is 18.1 Å². The maximum atomic E-state index is 4.13. The highest BCUT2D eigenvalue weighted by molar-refractivity contribution is 5.51. The summed E-state index contributed by atoms with van der Waals surface area (Å²) in [5.41, 5.74) is 2.50. The number of aromatic nitrogens is 1. The smallest absolute Gasteiger partial charge is 0.113 e. The molecule has 0 spiro atoms. The Balaban J connectivity index is 2.27. The molecule has 1 heterocycles. The number of aliphatic imine (C=N–C) groups is 1. The van der Waals surface area contributed by atoms with Crippen molar-refractivity contribution in [3.05, 3.63) is 59.9 Å². The Hall–Kier alpha value is -2.40. The van der Waals surface area contributed by atoms with Crippen LogP contribution in [0, 0.1) is 11.8 Å². The van der Waals surface area contributed by atoms with Gasteiger partial charge in [0.2, 0.25) is 0 Å². The first-order valence-corrected chi connectivity index (χ1v) is 4.88. The molecule has 2 rings (SSSR count). The van der Waals surface area contributed by atoms with Gasteiger partial charge in [-0.3, -0.25) is 4.99 Å². The molecule has 0 aliphatic heterocycles. The minimum atomic E-state index is 0.763. The number of nitrogens with zero attached hydrogens (tertiary/aromatic N) is 2. The monoisotopic (exact) mass is 206 g/mol. The van der Waals surface area contributed by atoms with Gasteiger partial charge < -0.3 is 0 Å². The van der Waals surface area contributed by atoms with Gasteiger partial charge in [0.1, 0.15) is 5.69 Å². The average Bonchev–Trinajstić information content (AvgIpc) is 2.38. The van der Waals surface area contributed by atoms with Crippen LogP contribution in [-0.4, -0.2) is 11.7 Å². The molecule has 0 fully saturated rings. The zero-order valence-electron chi connectivity index (χ0n) is 8.72. The molecule has 0 atom stereocenters. The SMILES string of the molecule is C=Nc1cccc(C#Cc2ccccn2)c1. The van der Waals surface area contributed by atoms with Crippen molar-refractivity contribution in [2.45, 2.75) is 0 Å². The highest BCUT2D eigenvalue weighted by atomic mass is 14.7. The maximum absolute atomic E-state index is 4.13. The fraction of sp³-hybridized carbons (Fsp3) is 0. The van der Waals surface area contributed by atoms with Crippen LogP contribution in [0.3, 0.4) is 0 Å². The van der Waals surface area contributed by atoms with Crippen molar-refractivity contribution in [3.8, 4) is 11.8 Å². The predicted octanol–water partition coefficient (Wildman–Crippen LogP) is 2.81. The summed E-state index contributed by atoms with van der Waals surface area (Å²) in [6, 6.07) is 13.3. The quantitative estimate of drug-likeness (QED) is 0.520. The topological polar surface area (TPSA) is 25.2 Å². The van der Waals surface area contributed by atoms with E-state index < -0.39 is 0 Å². The number of benzene rings is 1. The van der Waals surface area contributed by atoms with Crippen molar-refractivity contribution in [3.63, 3.8) is 0 Å². The molecule has 0 aliphatic rings. The molecule has 1 aromatic heterocycles. The van der Waals surface area contributed by atoms with E-state index in [1.807, 2.05) is 42.5 Å². The van der Waals surface area contributed by atoms with Gasteiger partial charge >= 0.3 is 0 Å². The van der Waals surface area contributed by atoms with E-state index in [1.165, 1.54) is 0 Å². The van der Waals surface area contributed by atoms with E-state index in [4.69, 9.17) is 0 Å². The Bertz CT molecular complexity index is 548. The van der Waals surface area contributed by atoms with Crippen molar-refractivity contribution in [1.29, 1.82) is 0 Å². The van der Waals surface area contributed by atoms with Crippen LogP contribution < -0.4 is 0 Å². The molecule has 16 heavy (non-hydrogen) atoms. The molecule has 76 valence electrons. The van der Waals surface area contributed by atoms with Crippen molar-refractivity contribution in [2.75, 3.05) is 0 Å². The third-order valence-corrected chi connectivity index (χ3v) is 2.03. The molecule has 2 heteroatoms. The summed E-state index contributed by atoms with van der Waals surface area (Å²) < 4.78 is 0. The Morgan fingerprint density at radius 2 is 2.00 bits per heavy atom. The second-order valence-corrected chi connectivity index (χ2v) is 3.17. The summed E-state index contributed by atoms with van der Waals surface area (Å²) in [5, 5.41) is 0. The van der Waals surface area contributed by atoms with E-state index in [9.17, 15) is 0 Å². The molecular formula is C14H10N2. The molecule has 2 nitrogen and oxygen atoms in total. The molecule has 1 aromatic carbocycles. The molecule has 0 unspecified atom stereocenters. The van der Waals surface area contributed by atoms with Gasteiger partial charge in [-0.05, 0) is 43.0 Å². The summed E-state index contributed by atoms with van der Waals surface area (Å²) in [6.45, 7) is 3.48. The first kappa shape index (κ1) is 10.1. The molecular weight excluding hydrogens is 196 g/mol. The summed E-state index contributed by atoms with van der Waals surface area (Å²) in [5.74, 6) is 6.02. The van der Waals surface area contributed by atoms with E-state index >= 15 is 0 Å². The van der Waals surface area contributed by atoms with Crippen molar-refractivity contribution in [1.82, 2.24) is 4.98 Å². The van der Waals surface area contributed by atoms with Crippen LogP contribution in [0.25, 0.3) is 0 Å². The van der Waals surface area contributed by atoms with Gasteiger partial charge in [0.25, 0.3) is 0 Å². The zero-order chi connectivity index (χ0) is 11.2. The van der Waals surface area contributed by atoms with Crippen LogP contribution in [0.1, 0.15) is 11.3 Å². The van der Waals surface area contributed by atoms with E-state index in [1.54, 1.807) is 6.20 Å². The molecule has 0 radical (unpaired) electrons. The lowest BCUT2D eigenvalue weighted by Gasteiger charge is -1.92. The number of hydrogen-bond acceptors (Lipinski definition) is 2. The third kappa shape index (κ3) is 2.55. The number of hydrogen-bond donors (Lipinski definition) is 0. The molecule has 0 aliphatic carbocycles. The van der Waals surface area contributed by atoms with Gasteiger partial charge in [-0.2, -0.15) is 0 Å². The van der Waals surface area contributed by atoms with Gasteiger partial charge in [0.05, 0.1) is 5.69 Å². The fourth-order valence-corrected chi connectivity index (χ4v) is 1.25. The van der Waals surface area contributed by atoms with Crippen LogP contribution in [0.15, 0.2) is 53.7 Å². The minimum absolute atomic E-state index is 0.763. The molecule has 2 aromatic rings. The molecule has 0 saturated heterocycles. The lowest BCUT2D eigenvalue weighted by Crippen LogP contribution is -1.79. The first-order chi connectivity index (χ1) is 7.88. The maximum Gasteiger partial charge on any atom is 0.113 e. The lowest BCUT2D eigenvalue weighted by molar-refractivity contribution is 1.29. The Morgan fingerprint density at radius 1 is 1.06 bits per heavy atom. The second kappa shape index (κ2) is 4.90. The van der Waals surface area contributed by atoms with Crippen LogP contribution >= 0.6 is 0 Å². The summed E-state index contributed by atoms with van der Waals surface area (Å²) in [6.07, 6.45) is 1.73. The number of rotatable bonds is 1. The van der Waals surface area contributed by atoms with Crippen LogP contribution in [-0.2, 0) is 0 Å². The van der Waals surface area contributed by atoms with Gasteiger partial charge in [0.15, 0.2) is 0 Å². The number of pyridine rings is 1. The Kier molecular flexibility index (Phi) is 3.10. The van der Waals surface area contributed by atoms with E-state index in [0.717, 1.165) is 16.9 Å². The van der Waals surface area contributed by atoms with Crippen molar-refractivity contribution < 1.29 is 0 Å². The Labute approximate surface area is 94.7 Å². The van der Waals surface area contributed by atoms with E-state index in [-0.39, 0.29) is 0 Å². The summed E-state index contributed by atoms with van der Waals surface area (Å²) in [4.78, 5) is 7.98. The predicted molar refractivity (Wildman–Crippen MR) is 65.9 cm³/mol. The van der Waals surface area contributed by atoms with E-state index in [0.29, 0.717) is 0 Å². The van der Waals surface area contributed by atoms with E-state index in [2.05, 4.69) is 28.5 Å². The van der Waals surface area contributed by atoms with Crippen LogP contribution in [0.5, 0.6) is 0 Å². The second-order valence-electron chi connectivity index (χ2n) is 3.17. The summed E-state index contributed by atoms with van der Waals surface area (Å²) in [7, 11) is 0. The van der Waals surface area contributed by atoms with Gasteiger partial charge in [0, 0.05) is 11.8 Å². The first-order valence-electron chi connectivity index (χ1n) is 4.88. The van der Waals surface area contributed by atoms with Crippen LogP contribution in [0.4, 0.5) is 5.69 Å². The highest BCUT2D eigenvalue weighted by Gasteiger charge is 1.89.